The van der Waals surface area contributed by atoms with Crippen LogP contribution in [-0.2, 0) is 0 Å². The largest absolute Gasteiger partial charge is 0.347 e. The maximum atomic E-state index is 13.3. The first-order valence-corrected chi connectivity index (χ1v) is 8.85. The van der Waals surface area contributed by atoms with Gasteiger partial charge < -0.3 is 4.90 Å². The normalized spacial score (nSPS) is 11.2. The molecule has 0 unspecified atom stereocenters. The fourth-order valence-corrected chi connectivity index (χ4v) is 3.13. The van der Waals surface area contributed by atoms with Crippen molar-refractivity contribution in [2.45, 2.75) is 39.8 Å². The van der Waals surface area contributed by atoms with Crippen LogP contribution >= 0.6 is 0 Å². The van der Waals surface area contributed by atoms with E-state index in [9.17, 15) is 9.18 Å². The number of carbonyl (C=O) groups is 1. The Hall–Kier alpha value is -3.09. The standard InChI is InChI=1S/C20H22FN5O/c1-13(2)25(14(3)4)20(27)26-19(16-9-11-22-12-10-16)18(23-24-26)15-5-7-17(21)8-6-15/h5-14H,1-4H3. The molecule has 0 aliphatic carbocycles. The van der Waals surface area contributed by atoms with Crippen LogP contribution in [0.3, 0.4) is 0 Å². The zero-order valence-corrected chi connectivity index (χ0v) is 15.8. The smallest absolute Gasteiger partial charge is 0.318 e. The summed E-state index contributed by atoms with van der Waals surface area (Å²) in [5, 5.41) is 8.38. The van der Waals surface area contributed by atoms with Gasteiger partial charge in [-0.3, -0.25) is 4.98 Å². The van der Waals surface area contributed by atoms with Crippen molar-refractivity contribution in [3.8, 4) is 22.5 Å². The van der Waals surface area contributed by atoms with Gasteiger partial charge in [-0.05, 0) is 64.1 Å². The molecule has 6 nitrogen and oxygen atoms in total. The summed E-state index contributed by atoms with van der Waals surface area (Å²) >= 11 is 0. The molecule has 1 aromatic carbocycles. The highest BCUT2D eigenvalue weighted by atomic mass is 19.1. The Morgan fingerprint density at radius 1 is 0.963 bits per heavy atom. The van der Waals surface area contributed by atoms with E-state index in [0.717, 1.165) is 5.56 Å². The van der Waals surface area contributed by atoms with Gasteiger partial charge in [0.15, 0.2) is 0 Å². The number of benzene rings is 1. The number of rotatable bonds is 4. The molecule has 0 atom stereocenters. The van der Waals surface area contributed by atoms with Gasteiger partial charge in [-0.15, -0.1) is 5.10 Å². The van der Waals surface area contributed by atoms with Crippen molar-refractivity contribution in [1.82, 2.24) is 24.9 Å². The van der Waals surface area contributed by atoms with Gasteiger partial charge in [0, 0.05) is 35.6 Å². The molecule has 140 valence electrons. The number of hydrogen-bond acceptors (Lipinski definition) is 4. The number of nitrogens with zero attached hydrogens (tertiary/aromatic N) is 5. The average Bonchev–Trinajstić information content (AvgIpc) is 3.07. The van der Waals surface area contributed by atoms with E-state index >= 15 is 0 Å². The second-order valence-corrected chi connectivity index (χ2v) is 6.82. The summed E-state index contributed by atoms with van der Waals surface area (Å²) in [4.78, 5) is 19.0. The predicted octanol–water partition coefficient (Wildman–Crippen LogP) is 4.23. The Balaban J connectivity index is 2.18. The molecule has 0 spiro atoms. The van der Waals surface area contributed by atoms with Crippen LogP contribution < -0.4 is 0 Å². The molecule has 2 heterocycles. The first-order chi connectivity index (χ1) is 12.9. The Kier molecular flexibility index (Phi) is 5.30. The lowest BCUT2D eigenvalue weighted by atomic mass is 10.1. The summed E-state index contributed by atoms with van der Waals surface area (Å²) in [6.07, 6.45) is 3.29. The Labute approximate surface area is 157 Å². The summed E-state index contributed by atoms with van der Waals surface area (Å²) in [6, 6.07) is 9.32. The second kappa shape index (κ2) is 7.65. The Morgan fingerprint density at radius 2 is 1.56 bits per heavy atom. The van der Waals surface area contributed by atoms with Crippen LogP contribution in [0.15, 0.2) is 48.8 Å². The minimum Gasteiger partial charge on any atom is -0.318 e. The first-order valence-electron chi connectivity index (χ1n) is 8.85. The third kappa shape index (κ3) is 3.72. The summed E-state index contributed by atoms with van der Waals surface area (Å²) in [7, 11) is 0. The number of carbonyl (C=O) groups excluding carboxylic acids is 1. The highest BCUT2D eigenvalue weighted by Crippen LogP contribution is 2.30. The monoisotopic (exact) mass is 367 g/mol. The van der Waals surface area contributed by atoms with Crippen LogP contribution in [0.25, 0.3) is 22.5 Å². The molecular formula is C20H22FN5O. The van der Waals surface area contributed by atoms with E-state index in [1.807, 2.05) is 27.7 Å². The lowest BCUT2D eigenvalue weighted by molar-refractivity contribution is 0.163. The molecule has 3 rings (SSSR count). The van der Waals surface area contributed by atoms with E-state index in [0.29, 0.717) is 17.0 Å². The average molecular weight is 367 g/mol. The summed E-state index contributed by atoms with van der Waals surface area (Å²) < 4.78 is 14.6. The molecule has 0 saturated carbocycles. The van der Waals surface area contributed by atoms with Gasteiger partial charge in [0.1, 0.15) is 17.2 Å². The van der Waals surface area contributed by atoms with Crippen LogP contribution in [0, 0.1) is 5.82 Å². The van der Waals surface area contributed by atoms with E-state index in [4.69, 9.17) is 0 Å². The van der Waals surface area contributed by atoms with Crippen LogP contribution in [0.2, 0.25) is 0 Å². The van der Waals surface area contributed by atoms with Gasteiger partial charge >= 0.3 is 6.03 Å². The topological polar surface area (TPSA) is 63.9 Å². The zero-order chi connectivity index (χ0) is 19.6. The number of halogens is 1. The number of hydrogen-bond donors (Lipinski definition) is 0. The molecule has 0 aliphatic rings. The molecule has 0 bridgehead atoms. The third-order valence-corrected chi connectivity index (χ3v) is 4.26. The van der Waals surface area contributed by atoms with E-state index in [1.165, 1.54) is 16.8 Å². The van der Waals surface area contributed by atoms with Gasteiger partial charge in [-0.25, -0.2) is 9.18 Å². The SMILES string of the molecule is CC(C)N(C(=O)n1nnc(-c2ccc(F)cc2)c1-c1ccncc1)C(C)C. The van der Waals surface area contributed by atoms with E-state index in [2.05, 4.69) is 15.3 Å². The molecule has 3 aromatic rings. The van der Waals surface area contributed by atoms with Crippen LogP contribution in [-0.4, -0.2) is 43.0 Å². The highest BCUT2D eigenvalue weighted by molar-refractivity contribution is 5.87. The Morgan fingerprint density at radius 3 is 2.11 bits per heavy atom. The molecule has 0 radical (unpaired) electrons. The third-order valence-electron chi connectivity index (χ3n) is 4.26. The van der Waals surface area contributed by atoms with Crippen molar-refractivity contribution in [2.75, 3.05) is 0 Å². The molecule has 0 fully saturated rings. The van der Waals surface area contributed by atoms with Crippen LogP contribution in [0.5, 0.6) is 0 Å². The van der Waals surface area contributed by atoms with Gasteiger partial charge in [-0.2, -0.15) is 4.68 Å². The number of amides is 1. The lowest BCUT2D eigenvalue weighted by Crippen LogP contribution is -2.45. The minimum absolute atomic E-state index is 0.00117. The maximum absolute atomic E-state index is 13.3. The van der Waals surface area contributed by atoms with E-state index < -0.39 is 0 Å². The molecule has 2 aromatic heterocycles. The second-order valence-electron chi connectivity index (χ2n) is 6.82. The predicted molar refractivity (Wildman–Crippen MR) is 102 cm³/mol. The molecule has 7 heteroatoms. The van der Waals surface area contributed by atoms with Gasteiger partial charge in [0.2, 0.25) is 0 Å². The summed E-state index contributed by atoms with van der Waals surface area (Å²) in [5.41, 5.74) is 2.51. The van der Waals surface area contributed by atoms with Crippen LogP contribution in [0.4, 0.5) is 9.18 Å². The number of pyridine rings is 1. The molecule has 0 aliphatic heterocycles. The molecule has 0 saturated heterocycles. The quantitative estimate of drug-likeness (QED) is 0.692. The van der Waals surface area contributed by atoms with Gasteiger partial charge in [0.25, 0.3) is 0 Å². The van der Waals surface area contributed by atoms with Crippen molar-refractivity contribution in [3.63, 3.8) is 0 Å². The van der Waals surface area contributed by atoms with Gasteiger partial charge in [-0.1, -0.05) is 5.21 Å². The molecular weight excluding hydrogens is 345 g/mol. The van der Waals surface area contributed by atoms with Crippen molar-refractivity contribution >= 4 is 6.03 Å². The van der Waals surface area contributed by atoms with Gasteiger partial charge in [0.05, 0.1) is 0 Å². The summed E-state index contributed by atoms with van der Waals surface area (Å²) in [6.45, 7) is 7.84. The van der Waals surface area contributed by atoms with Crippen LogP contribution in [0.1, 0.15) is 27.7 Å². The molecule has 0 N–H and O–H groups in total. The van der Waals surface area contributed by atoms with Crippen molar-refractivity contribution in [1.29, 1.82) is 0 Å². The Bertz CT molecular complexity index is 911. The van der Waals surface area contributed by atoms with Crippen molar-refractivity contribution in [2.24, 2.45) is 0 Å². The lowest BCUT2D eigenvalue weighted by Gasteiger charge is -2.30. The zero-order valence-electron chi connectivity index (χ0n) is 15.8. The molecule has 1 amide bonds. The van der Waals surface area contributed by atoms with Crippen molar-refractivity contribution in [3.05, 3.63) is 54.6 Å². The minimum atomic E-state index is -0.335. The highest BCUT2D eigenvalue weighted by Gasteiger charge is 2.27. The fraction of sp³-hybridized carbons (Fsp3) is 0.300. The molecule has 27 heavy (non-hydrogen) atoms. The van der Waals surface area contributed by atoms with E-state index in [-0.39, 0.29) is 23.9 Å². The maximum Gasteiger partial charge on any atom is 0.347 e. The number of aromatic nitrogens is 4. The fourth-order valence-electron chi connectivity index (χ4n) is 3.13. The van der Waals surface area contributed by atoms with Crippen molar-refractivity contribution < 1.29 is 9.18 Å². The van der Waals surface area contributed by atoms with E-state index in [1.54, 1.807) is 41.6 Å². The summed E-state index contributed by atoms with van der Waals surface area (Å²) in [5.74, 6) is -0.335. The first kappa shape index (κ1) is 18.7.